The molecular formula is C11H10BrN3OS. The molecule has 4 nitrogen and oxygen atoms in total. The molecule has 2 rings (SSSR count). The van der Waals surface area contributed by atoms with Gasteiger partial charge in [-0.05, 0) is 33.4 Å². The number of nitrogens with one attached hydrogen (secondary N) is 1. The van der Waals surface area contributed by atoms with Crippen molar-refractivity contribution < 1.29 is 4.79 Å². The molecule has 0 saturated heterocycles. The van der Waals surface area contributed by atoms with Gasteiger partial charge in [-0.3, -0.25) is 9.78 Å². The molecule has 0 aliphatic carbocycles. The number of pyridine rings is 1. The molecule has 0 aliphatic heterocycles. The first-order valence-corrected chi connectivity index (χ1v) is 6.54. The fraction of sp³-hybridized carbons (Fsp3) is 0.0909. The average Bonchev–Trinajstić information content (AvgIpc) is 2.81. The van der Waals surface area contributed by atoms with Gasteiger partial charge in [-0.15, -0.1) is 11.3 Å². The molecule has 17 heavy (non-hydrogen) atoms. The molecule has 0 radical (unpaired) electrons. The number of anilines is 1. The SMILES string of the molecule is NC(C(=O)Nc1cncc(Br)c1)c1cccs1. The number of aromatic nitrogens is 1. The fourth-order valence-electron chi connectivity index (χ4n) is 1.30. The Morgan fingerprint density at radius 2 is 2.35 bits per heavy atom. The maximum Gasteiger partial charge on any atom is 0.246 e. The second kappa shape index (κ2) is 5.39. The van der Waals surface area contributed by atoms with Crippen molar-refractivity contribution in [3.8, 4) is 0 Å². The molecule has 0 spiro atoms. The highest BCUT2D eigenvalue weighted by molar-refractivity contribution is 9.10. The Morgan fingerprint density at radius 3 is 3.00 bits per heavy atom. The predicted octanol–water partition coefficient (Wildman–Crippen LogP) is 2.54. The van der Waals surface area contributed by atoms with E-state index >= 15 is 0 Å². The van der Waals surface area contributed by atoms with Gasteiger partial charge in [0.25, 0.3) is 0 Å². The molecule has 0 bridgehead atoms. The number of nitrogens with two attached hydrogens (primary N) is 1. The smallest absolute Gasteiger partial charge is 0.246 e. The summed E-state index contributed by atoms with van der Waals surface area (Å²) in [4.78, 5) is 16.6. The lowest BCUT2D eigenvalue weighted by Gasteiger charge is -2.10. The van der Waals surface area contributed by atoms with Crippen LogP contribution >= 0.6 is 27.3 Å². The van der Waals surface area contributed by atoms with Crippen LogP contribution in [0.1, 0.15) is 10.9 Å². The van der Waals surface area contributed by atoms with E-state index in [1.165, 1.54) is 11.3 Å². The molecule has 1 atom stereocenters. The number of halogens is 1. The van der Waals surface area contributed by atoms with E-state index in [0.717, 1.165) is 9.35 Å². The van der Waals surface area contributed by atoms with Crippen LogP contribution in [0, 0.1) is 0 Å². The molecule has 1 unspecified atom stereocenters. The third-order valence-electron chi connectivity index (χ3n) is 2.10. The first kappa shape index (κ1) is 12.2. The lowest BCUT2D eigenvalue weighted by Crippen LogP contribution is -2.27. The third-order valence-corrected chi connectivity index (χ3v) is 3.49. The topological polar surface area (TPSA) is 68.0 Å². The van der Waals surface area contributed by atoms with E-state index in [0.29, 0.717) is 5.69 Å². The molecule has 0 fully saturated rings. The van der Waals surface area contributed by atoms with Crippen molar-refractivity contribution in [3.05, 3.63) is 45.3 Å². The van der Waals surface area contributed by atoms with Crippen LogP contribution in [-0.2, 0) is 4.79 Å². The predicted molar refractivity (Wildman–Crippen MR) is 71.8 cm³/mol. The summed E-state index contributed by atoms with van der Waals surface area (Å²) >= 11 is 4.75. The molecular weight excluding hydrogens is 302 g/mol. The van der Waals surface area contributed by atoms with Crippen LogP contribution in [-0.4, -0.2) is 10.9 Å². The van der Waals surface area contributed by atoms with Crippen molar-refractivity contribution in [3.63, 3.8) is 0 Å². The Morgan fingerprint density at radius 1 is 1.53 bits per heavy atom. The Bertz CT molecular complexity index is 515. The molecule has 2 heterocycles. The van der Waals surface area contributed by atoms with Gasteiger partial charge in [0.15, 0.2) is 0 Å². The highest BCUT2D eigenvalue weighted by atomic mass is 79.9. The van der Waals surface area contributed by atoms with Crippen LogP contribution in [0.4, 0.5) is 5.69 Å². The highest BCUT2D eigenvalue weighted by Crippen LogP contribution is 2.19. The van der Waals surface area contributed by atoms with Crippen molar-refractivity contribution in [2.45, 2.75) is 6.04 Å². The zero-order chi connectivity index (χ0) is 12.3. The number of rotatable bonds is 3. The Hall–Kier alpha value is -1.24. The van der Waals surface area contributed by atoms with Crippen LogP contribution < -0.4 is 11.1 Å². The molecule has 2 aromatic rings. The van der Waals surface area contributed by atoms with Gasteiger partial charge in [0.1, 0.15) is 6.04 Å². The van der Waals surface area contributed by atoms with Gasteiger partial charge in [0.2, 0.25) is 5.91 Å². The minimum absolute atomic E-state index is 0.243. The summed E-state index contributed by atoms with van der Waals surface area (Å²) in [5.74, 6) is -0.243. The monoisotopic (exact) mass is 311 g/mol. The largest absolute Gasteiger partial charge is 0.323 e. The van der Waals surface area contributed by atoms with Crippen molar-refractivity contribution in [1.82, 2.24) is 4.98 Å². The summed E-state index contributed by atoms with van der Waals surface area (Å²) in [6, 6.07) is 4.84. The number of thiophene rings is 1. The maximum atomic E-state index is 11.8. The van der Waals surface area contributed by atoms with Gasteiger partial charge in [-0.25, -0.2) is 0 Å². The molecule has 0 aromatic carbocycles. The van der Waals surface area contributed by atoms with Gasteiger partial charge in [0, 0.05) is 15.5 Å². The van der Waals surface area contributed by atoms with Crippen molar-refractivity contribution in [1.29, 1.82) is 0 Å². The lowest BCUT2D eigenvalue weighted by atomic mass is 10.2. The molecule has 1 amide bonds. The molecule has 6 heteroatoms. The van der Waals surface area contributed by atoms with Crippen LogP contribution in [0.5, 0.6) is 0 Å². The lowest BCUT2D eigenvalue weighted by molar-refractivity contribution is -0.117. The number of carbonyl (C=O) groups is 1. The maximum absolute atomic E-state index is 11.8. The summed E-state index contributed by atoms with van der Waals surface area (Å²) in [7, 11) is 0. The first-order valence-electron chi connectivity index (χ1n) is 4.87. The second-order valence-corrected chi connectivity index (χ2v) is 5.27. The third kappa shape index (κ3) is 3.12. The van der Waals surface area contributed by atoms with Crippen molar-refractivity contribution in [2.24, 2.45) is 5.73 Å². The van der Waals surface area contributed by atoms with Gasteiger partial charge < -0.3 is 11.1 Å². The normalized spacial score (nSPS) is 12.1. The van der Waals surface area contributed by atoms with Gasteiger partial charge in [-0.1, -0.05) is 6.07 Å². The molecule has 0 aliphatic rings. The van der Waals surface area contributed by atoms with Crippen LogP contribution in [0.15, 0.2) is 40.4 Å². The number of carbonyl (C=O) groups excluding carboxylic acids is 1. The van der Waals surface area contributed by atoms with E-state index in [4.69, 9.17) is 5.73 Å². The summed E-state index contributed by atoms with van der Waals surface area (Å²) in [5.41, 5.74) is 6.46. The van der Waals surface area contributed by atoms with Crippen LogP contribution in [0.2, 0.25) is 0 Å². The van der Waals surface area contributed by atoms with Gasteiger partial charge in [-0.2, -0.15) is 0 Å². The number of hydrogen-bond donors (Lipinski definition) is 2. The summed E-state index contributed by atoms with van der Waals surface area (Å²) in [6.07, 6.45) is 3.22. The summed E-state index contributed by atoms with van der Waals surface area (Å²) in [6.45, 7) is 0. The quantitative estimate of drug-likeness (QED) is 0.915. The van der Waals surface area contributed by atoms with E-state index in [1.807, 2.05) is 17.5 Å². The van der Waals surface area contributed by atoms with E-state index < -0.39 is 6.04 Å². The number of nitrogens with zero attached hydrogens (tertiary/aromatic N) is 1. The number of amides is 1. The zero-order valence-electron chi connectivity index (χ0n) is 8.76. The molecule has 2 aromatic heterocycles. The van der Waals surface area contributed by atoms with E-state index in [-0.39, 0.29) is 5.91 Å². The Kier molecular flexibility index (Phi) is 3.88. The van der Waals surface area contributed by atoms with Crippen LogP contribution in [0.25, 0.3) is 0 Å². The van der Waals surface area contributed by atoms with Gasteiger partial charge in [0.05, 0.1) is 11.9 Å². The van der Waals surface area contributed by atoms with E-state index in [9.17, 15) is 4.79 Å². The number of hydrogen-bond acceptors (Lipinski definition) is 4. The molecule has 88 valence electrons. The standard InChI is InChI=1S/C11H10BrN3OS/c12-7-4-8(6-14-5-7)15-11(16)10(13)9-2-1-3-17-9/h1-6,10H,13H2,(H,15,16). The summed E-state index contributed by atoms with van der Waals surface area (Å²) in [5, 5.41) is 4.61. The fourth-order valence-corrected chi connectivity index (χ4v) is 2.39. The zero-order valence-corrected chi connectivity index (χ0v) is 11.2. The Labute approximate surface area is 111 Å². The van der Waals surface area contributed by atoms with Crippen molar-refractivity contribution in [2.75, 3.05) is 5.32 Å². The minimum Gasteiger partial charge on any atom is -0.323 e. The summed E-state index contributed by atoms with van der Waals surface area (Å²) < 4.78 is 0.806. The first-order chi connectivity index (χ1) is 8.16. The van der Waals surface area contributed by atoms with Crippen molar-refractivity contribution >= 4 is 38.9 Å². The average molecular weight is 312 g/mol. The van der Waals surface area contributed by atoms with E-state index in [1.54, 1.807) is 18.5 Å². The second-order valence-electron chi connectivity index (χ2n) is 3.37. The molecule has 3 N–H and O–H groups in total. The highest BCUT2D eigenvalue weighted by Gasteiger charge is 2.16. The van der Waals surface area contributed by atoms with Crippen LogP contribution in [0.3, 0.4) is 0 Å². The Balaban J connectivity index is 2.07. The minimum atomic E-state index is -0.644. The van der Waals surface area contributed by atoms with Gasteiger partial charge >= 0.3 is 0 Å². The molecule has 0 saturated carbocycles. The van der Waals surface area contributed by atoms with E-state index in [2.05, 4.69) is 26.2 Å².